The number of carbonyl (C=O) groups excluding carboxylic acids is 1. The van der Waals surface area contributed by atoms with Gasteiger partial charge in [0.15, 0.2) is 0 Å². The predicted octanol–water partition coefficient (Wildman–Crippen LogP) is 1.21. The Bertz CT molecular complexity index is 701. The number of hydrogen-bond acceptors (Lipinski definition) is 3. The highest BCUT2D eigenvalue weighted by Gasteiger charge is 2.11. The highest BCUT2D eigenvalue weighted by atomic mass is 16.1. The molecule has 2 aromatic heterocycles. The molecule has 0 aliphatic carbocycles. The van der Waals surface area contributed by atoms with Crippen molar-refractivity contribution in [2.45, 2.75) is 0 Å². The molecular formula is C11H8N4O. The fraction of sp³-hybridized carbons (Fsp3) is 0. The van der Waals surface area contributed by atoms with E-state index in [-0.39, 0.29) is 0 Å². The fourth-order valence-corrected chi connectivity index (χ4v) is 1.85. The van der Waals surface area contributed by atoms with Gasteiger partial charge in [-0.3, -0.25) is 4.79 Å². The van der Waals surface area contributed by atoms with Crippen LogP contribution in [0.1, 0.15) is 10.4 Å². The van der Waals surface area contributed by atoms with Crippen molar-refractivity contribution < 1.29 is 4.79 Å². The molecule has 1 aromatic carbocycles. The van der Waals surface area contributed by atoms with E-state index in [0.717, 1.165) is 21.8 Å². The molecule has 0 aliphatic rings. The van der Waals surface area contributed by atoms with Gasteiger partial charge in [0.25, 0.3) is 5.91 Å². The number of H-pyrrole nitrogens is 1. The third kappa shape index (κ3) is 1.08. The Labute approximate surface area is 90.3 Å². The number of carbonyl (C=O) groups is 1. The van der Waals surface area contributed by atoms with Crippen LogP contribution >= 0.6 is 0 Å². The summed E-state index contributed by atoms with van der Waals surface area (Å²) in [6.45, 7) is 0. The van der Waals surface area contributed by atoms with E-state index < -0.39 is 5.91 Å². The number of primary amides is 1. The zero-order valence-corrected chi connectivity index (χ0v) is 8.27. The van der Waals surface area contributed by atoms with Crippen molar-refractivity contribution >= 4 is 27.7 Å². The van der Waals surface area contributed by atoms with Gasteiger partial charge in [0.1, 0.15) is 6.33 Å². The molecule has 16 heavy (non-hydrogen) atoms. The highest BCUT2D eigenvalue weighted by molar-refractivity contribution is 6.12. The van der Waals surface area contributed by atoms with E-state index in [0.29, 0.717) is 5.56 Å². The number of nitrogens with one attached hydrogen (secondary N) is 1. The maximum atomic E-state index is 11.2. The quantitative estimate of drug-likeness (QED) is 0.635. The number of fused-ring (bicyclic) bond motifs is 3. The van der Waals surface area contributed by atoms with E-state index in [9.17, 15) is 4.79 Å². The summed E-state index contributed by atoms with van der Waals surface area (Å²) >= 11 is 0. The average molecular weight is 212 g/mol. The molecule has 5 heteroatoms. The lowest BCUT2D eigenvalue weighted by molar-refractivity contribution is 0.100. The van der Waals surface area contributed by atoms with Gasteiger partial charge >= 0.3 is 0 Å². The monoisotopic (exact) mass is 212 g/mol. The van der Waals surface area contributed by atoms with Gasteiger partial charge in [-0.2, -0.15) is 0 Å². The first kappa shape index (κ1) is 8.84. The third-order valence-electron chi connectivity index (χ3n) is 2.59. The molecule has 0 saturated heterocycles. The molecule has 0 spiro atoms. The molecule has 78 valence electrons. The molecule has 3 N–H and O–H groups in total. The number of nitrogens with zero attached hydrogens (tertiary/aromatic N) is 2. The van der Waals surface area contributed by atoms with E-state index in [1.165, 1.54) is 6.33 Å². The molecule has 3 aromatic rings. The normalized spacial score (nSPS) is 11.0. The number of aromatic nitrogens is 3. The van der Waals surface area contributed by atoms with Crippen LogP contribution in [0.2, 0.25) is 0 Å². The Hall–Kier alpha value is -2.43. The molecule has 2 heterocycles. The van der Waals surface area contributed by atoms with Gasteiger partial charge in [-0.15, -0.1) is 0 Å². The van der Waals surface area contributed by atoms with Crippen molar-refractivity contribution in [2.75, 3.05) is 0 Å². The van der Waals surface area contributed by atoms with Crippen LogP contribution in [-0.2, 0) is 0 Å². The first-order valence-corrected chi connectivity index (χ1v) is 4.77. The molecule has 0 atom stereocenters. The zero-order valence-electron chi connectivity index (χ0n) is 8.27. The number of amides is 1. The Balaban J connectivity index is 2.49. The summed E-state index contributed by atoms with van der Waals surface area (Å²) in [5, 5.41) is 1.71. The summed E-state index contributed by atoms with van der Waals surface area (Å²) in [5.74, 6) is -0.445. The van der Waals surface area contributed by atoms with Crippen LogP contribution in [0.3, 0.4) is 0 Å². The molecule has 0 fully saturated rings. The van der Waals surface area contributed by atoms with Crippen molar-refractivity contribution in [3.05, 3.63) is 36.4 Å². The SMILES string of the molecule is NC(=O)c1c[nH]c2c1ccc1cncnc12. The largest absolute Gasteiger partial charge is 0.366 e. The Morgan fingerprint density at radius 3 is 3.06 bits per heavy atom. The zero-order chi connectivity index (χ0) is 11.1. The van der Waals surface area contributed by atoms with Gasteiger partial charge in [0.05, 0.1) is 16.6 Å². The van der Waals surface area contributed by atoms with Gasteiger partial charge in [0.2, 0.25) is 0 Å². The minimum Gasteiger partial charge on any atom is -0.366 e. The minimum atomic E-state index is -0.445. The maximum absolute atomic E-state index is 11.2. The van der Waals surface area contributed by atoms with E-state index in [4.69, 9.17) is 5.73 Å². The number of nitrogens with two attached hydrogens (primary N) is 1. The molecule has 0 aliphatic heterocycles. The van der Waals surface area contributed by atoms with Crippen LogP contribution in [0, 0.1) is 0 Å². The van der Waals surface area contributed by atoms with Gasteiger partial charge in [-0.25, -0.2) is 9.97 Å². The van der Waals surface area contributed by atoms with Crippen molar-refractivity contribution in [3.63, 3.8) is 0 Å². The topological polar surface area (TPSA) is 84.7 Å². The Morgan fingerprint density at radius 1 is 1.38 bits per heavy atom. The van der Waals surface area contributed by atoms with Crippen molar-refractivity contribution in [2.24, 2.45) is 5.73 Å². The predicted molar refractivity (Wildman–Crippen MR) is 59.9 cm³/mol. The third-order valence-corrected chi connectivity index (χ3v) is 2.59. The number of rotatable bonds is 1. The minimum absolute atomic E-state index is 0.445. The lowest BCUT2D eigenvalue weighted by Crippen LogP contribution is -2.09. The van der Waals surface area contributed by atoms with Gasteiger partial charge in [-0.05, 0) is 0 Å². The summed E-state index contributed by atoms with van der Waals surface area (Å²) in [7, 11) is 0. The smallest absolute Gasteiger partial charge is 0.250 e. The van der Waals surface area contributed by atoms with Crippen LogP contribution in [0.15, 0.2) is 30.9 Å². The fourth-order valence-electron chi connectivity index (χ4n) is 1.85. The second kappa shape index (κ2) is 3.03. The van der Waals surface area contributed by atoms with Gasteiger partial charge < -0.3 is 10.7 Å². The summed E-state index contributed by atoms with van der Waals surface area (Å²) in [5.41, 5.74) is 7.36. The van der Waals surface area contributed by atoms with Gasteiger partial charge in [0, 0.05) is 23.2 Å². The van der Waals surface area contributed by atoms with E-state index >= 15 is 0 Å². The highest BCUT2D eigenvalue weighted by Crippen LogP contribution is 2.24. The van der Waals surface area contributed by atoms with Gasteiger partial charge in [-0.1, -0.05) is 12.1 Å². The van der Waals surface area contributed by atoms with E-state index in [1.54, 1.807) is 12.4 Å². The van der Waals surface area contributed by atoms with Crippen molar-refractivity contribution in [1.29, 1.82) is 0 Å². The van der Waals surface area contributed by atoms with Crippen LogP contribution in [0.25, 0.3) is 21.8 Å². The first-order chi connectivity index (χ1) is 7.77. The summed E-state index contributed by atoms with van der Waals surface area (Å²) in [6, 6.07) is 3.72. The van der Waals surface area contributed by atoms with Crippen LogP contribution in [-0.4, -0.2) is 20.9 Å². The Kier molecular flexibility index (Phi) is 1.67. The van der Waals surface area contributed by atoms with Crippen LogP contribution in [0.4, 0.5) is 0 Å². The average Bonchev–Trinajstić information content (AvgIpc) is 2.73. The number of benzene rings is 1. The van der Waals surface area contributed by atoms with Crippen LogP contribution < -0.4 is 5.73 Å². The van der Waals surface area contributed by atoms with Crippen LogP contribution in [0.5, 0.6) is 0 Å². The molecule has 5 nitrogen and oxygen atoms in total. The standard InChI is InChI=1S/C11H8N4O/c12-11(16)8-4-14-10-7(8)2-1-6-3-13-5-15-9(6)10/h1-5,14H,(H2,12,16). The number of hydrogen-bond donors (Lipinski definition) is 2. The van der Waals surface area contributed by atoms with Crippen molar-refractivity contribution in [3.8, 4) is 0 Å². The second-order valence-corrected chi connectivity index (χ2v) is 3.52. The van der Waals surface area contributed by atoms with E-state index in [1.807, 2.05) is 12.1 Å². The molecule has 0 unspecified atom stereocenters. The molecule has 1 amide bonds. The first-order valence-electron chi connectivity index (χ1n) is 4.77. The summed E-state index contributed by atoms with van der Waals surface area (Å²) < 4.78 is 0. The summed E-state index contributed by atoms with van der Waals surface area (Å²) in [6.07, 6.45) is 4.81. The number of aromatic amines is 1. The molecule has 0 radical (unpaired) electrons. The molecule has 0 saturated carbocycles. The molecular weight excluding hydrogens is 204 g/mol. The molecule has 3 rings (SSSR count). The van der Waals surface area contributed by atoms with E-state index in [2.05, 4.69) is 15.0 Å². The molecule has 0 bridgehead atoms. The van der Waals surface area contributed by atoms with Crippen molar-refractivity contribution in [1.82, 2.24) is 15.0 Å². The Morgan fingerprint density at radius 2 is 2.25 bits per heavy atom. The maximum Gasteiger partial charge on any atom is 0.250 e. The summed E-state index contributed by atoms with van der Waals surface area (Å²) in [4.78, 5) is 22.3. The lowest BCUT2D eigenvalue weighted by Gasteiger charge is -1.98. The second-order valence-electron chi connectivity index (χ2n) is 3.52. The lowest BCUT2D eigenvalue weighted by atomic mass is 10.1.